The number of aromatic nitrogens is 4. The standard InChI is InChI=1S/C17H22N6O/c1-12(2)23-10-15(20-21-23)17(24)5-4-6-22(11-17)16-8-14(9-18)7-13(3)19-16/h7-8,10,12,24H,4-6,11H2,1-3H3. The summed E-state index contributed by atoms with van der Waals surface area (Å²) in [7, 11) is 0. The molecule has 1 unspecified atom stereocenters. The molecule has 0 amide bonds. The number of nitrogens with zero attached hydrogens (tertiary/aromatic N) is 6. The maximum Gasteiger partial charge on any atom is 0.130 e. The molecular formula is C17H22N6O. The molecule has 1 fully saturated rings. The number of piperidine rings is 1. The second kappa shape index (κ2) is 6.21. The van der Waals surface area contributed by atoms with Gasteiger partial charge in [0.15, 0.2) is 0 Å². The van der Waals surface area contributed by atoms with E-state index in [4.69, 9.17) is 5.26 Å². The summed E-state index contributed by atoms with van der Waals surface area (Å²) in [6, 6.07) is 5.89. The van der Waals surface area contributed by atoms with Crippen molar-refractivity contribution in [3.05, 3.63) is 35.3 Å². The lowest BCUT2D eigenvalue weighted by Gasteiger charge is -2.38. The molecule has 2 aromatic rings. The monoisotopic (exact) mass is 326 g/mol. The van der Waals surface area contributed by atoms with Crippen molar-refractivity contribution >= 4 is 5.82 Å². The van der Waals surface area contributed by atoms with E-state index in [-0.39, 0.29) is 6.04 Å². The molecule has 3 heterocycles. The number of hydrogen-bond donors (Lipinski definition) is 1. The third-order valence-corrected chi connectivity index (χ3v) is 4.38. The van der Waals surface area contributed by atoms with E-state index in [0.717, 1.165) is 24.5 Å². The van der Waals surface area contributed by atoms with Crippen molar-refractivity contribution in [1.82, 2.24) is 20.0 Å². The average Bonchev–Trinajstić information content (AvgIpc) is 3.05. The average molecular weight is 326 g/mol. The van der Waals surface area contributed by atoms with E-state index >= 15 is 0 Å². The van der Waals surface area contributed by atoms with Gasteiger partial charge in [0.05, 0.1) is 24.4 Å². The highest BCUT2D eigenvalue weighted by Gasteiger charge is 2.38. The Morgan fingerprint density at radius 1 is 1.38 bits per heavy atom. The van der Waals surface area contributed by atoms with Crippen molar-refractivity contribution in [3.8, 4) is 6.07 Å². The first kappa shape index (κ1) is 16.4. The van der Waals surface area contributed by atoms with Crippen LogP contribution in [0.25, 0.3) is 0 Å². The van der Waals surface area contributed by atoms with Gasteiger partial charge in [0.25, 0.3) is 0 Å². The molecule has 0 aromatic carbocycles. The number of rotatable bonds is 3. The number of nitriles is 1. The summed E-state index contributed by atoms with van der Waals surface area (Å²) < 4.78 is 1.75. The predicted octanol–water partition coefficient (Wildman–Crippen LogP) is 1.92. The lowest BCUT2D eigenvalue weighted by Crippen LogP contribution is -2.46. The second-order valence-corrected chi connectivity index (χ2v) is 6.70. The minimum atomic E-state index is -1.05. The number of aliphatic hydroxyl groups is 1. The molecule has 2 aromatic heterocycles. The van der Waals surface area contributed by atoms with Gasteiger partial charge >= 0.3 is 0 Å². The van der Waals surface area contributed by atoms with Gasteiger partial charge in [0.1, 0.15) is 17.1 Å². The Kier molecular flexibility index (Phi) is 4.24. The zero-order valence-electron chi connectivity index (χ0n) is 14.3. The van der Waals surface area contributed by atoms with Crippen LogP contribution in [0.15, 0.2) is 18.3 Å². The largest absolute Gasteiger partial charge is 0.382 e. The third-order valence-electron chi connectivity index (χ3n) is 4.38. The SMILES string of the molecule is Cc1cc(C#N)cc(N2CCCC(O)(c3cn(C(C)C)nn3)C2)n1. The maximum atomic E-state index is 11.1. The lowest BCUT2D eigenvalue weighted by molar-refractivity contribution is 0.0174. The molecule has 7 heteroatoms. The fourth-order valence-corrected chi connectivity index (χ4v) is 3.06. The molecule has 126 valence electrons. The minimum Gasteiger partial charge on any atom is -0.382 e. The van der Waals surface area contributed by atoms with Crippen molar-refractivity contribution in [3.63, 3.8) is 0 Å². The van der Waals surface area contributed by atoms with Gasteiger partial charge in [-0.1, -0.05) is 5.21 Å². The van der Waals surface area contributed by atoms with Crippen LogP contribution in [-0.2, 0) is 5.60 Å². The fourth-order valence-electron chi connectivity index (χ4n) is 3.06. The molecule has 0 radical (unpaired) electrons. The summed E-state index contributed by atoms with van der Waals surface area (Å²) in [5, 5.41) is 28.5. The summed E-state index contributed by atoms with van der Waals surface area (Å²) in [4.78, 5) is 6.54. The first-order valence-electron chi connectivity index (χ1n) is 8.20. The van der Waals surface area contributed by atoms with Crippen LogP contribution >= 0.6 is 0 Å². The summed E-state index contributed by atoms with van der Waals surface area (Å²) in [6.07, 6.45) is 3.28. The molecule has 1 aliphatic rings. The van der Waals surface area contributed by atoms with Crippen LogP contribution < -0.4 is 4.90 Å². The molecule has 1 N–H and O–H groups in total. The van der Waals surface area contributed by atoms with E-state index in [1.165, 1.54) is 0 Å². The Morgan fingerprint density at radius 3 is 2.83 bits per heavy atom. The van der Waals surface area contributed by atoms with Crippen molar-refractivity contribution in [2.24, 2.45) is 0 Å². The molecule has 0 saturated carbocycles. The molecule has 1 aliphatic heterocycles. The quantitative estimate of drug-likeness (QED) is 0.926. The molecule has 24 heavy (non-hydrogen) atoms. The summed E-state index contributed by atoms with van der Waals surface area (Å²) >= 11 is 0. The molecule has 3 rings (SSSR count). The highest BCUT2D eigenvalue weighted by atomic mass is 16.3. The van der Waals surface area contributed by atoms with Crippen LogP contribution in [-0.4, -0.2) is 38.2 Å². The van der Waals surface area contributed by atoms with Crippen molar-refractivity contribution in [2.45, 2.75) is 45.3 Å². The zero-order chi connectivity index (χ0) is 17.3. The van der Waals surface area contributed by atoms with Crippen molar-refractivity contribution < 1.29 is 5.11 Å². The topological polar surface area (TPSA) is 90.9 Å². The summed E-state index contributed by atoms with van der Waals surface area (Å²) in [5.74, 6) is 0.723. The number of aryl methyl sites for hydroxylation is 1. The van der Waals surface area contributed by atoms with E-state index < -0.39 is 5.60 Å². The van der Waals surface area contributed by atoms with Gasteiger partial charge in [0.2, 0.25) is 0 Å². The zero-order valence-corrected chi connectivity index (χ0v) is 14.3. The van der Waals surface area contributed by atoms with Crippen LogP contribution in [0.4, 0.5) is 5.82 Å². The Bertz CT molecular complexity index is 778. The van der Waals surface area contributed by atoms with Gasteiger partial charge in [-0.15, -0.1) is 5.10 Å². The van der Waals surface area contributed by atoms with E-state index in [1.54, 1.807) is 16.8 Å². The van der Waals surface area contributed by atoms with Crippen LogP contribution in [0.5, 0.6) is 0 Å². The van der Waals surface area contributed by atoms with Gasteiger partial charge in [-0.3, -0.25) is 0 Å². The first-order valence-corrected chi connectivity index (χ1v) is 8.20. The van der Waals surface area contributed by atoms with Crippen LogP contribution in [0.3, 0.4) is 0 Å². The van der Waals surface area contributed by atoms with Crippen molar-refractivity contribution in [2.75, 3.05) is 18.0 Å². The lowest BCUT2D eigenvalue weighted by atomic mass is 9.90. The van der Waals surface area contributed by atoms with Gasteiger partial charge in [-0.25, -0.2) is 9.67 Å². The molecule has 1 atom stereocenters. The molecule has 0 bridgehead atoms. The van der Waals surface area contributed by atoms with Crippen LogP contribution in [0.1, 0.15) is 49.7 Å². The molecule has 7 nitrogen and oxygen atoms in total. The smallest absolute Gasteiger partial charge is 0.130 e. The third kappa shape index (κ3) is 3.10. The minimum absolute atomic E-state index is 0.200. The molecular weight excluding hydrogens is 304 g/mol. The molecule has 0 spiro atoms. The van der Waals surface area contributed by atoms with E-state index in [9.17, 15) is 5.11 Å². The Labute approximate surface area is 141 Å². The van der Waals surface area contributed by atoms with Crippen LogP contribution in [0, 0.1) is 18.3 Å². The van der Waals surface area contributed by atoms with Gasteiger partial charge in [0, 0.05) is 18.3 Å². The first-order chi connectivity index (χ1) is 11.4. The van der Waals surface area contributed by atoms with Gasteiger partial charge < -0.3 is 10.0 Å². The van der Waals surface area contributed by atoms with E-state index in [2.05, 4.69) is 21.4 Å². The van der Waals surface area contributed by atoms with Crippen LogP contribution in [0.2, 0.25) is 0 Å². The summed E-state index contributed by atoms with van der Waals surface area (Å²) in [6.45, 7) is 7.10. The highest BCUT2D eigenvalue weighted by Crippen LogP contribution is 2.32. The summed E-state index contributed by atoms with van der Waals surface area (Å²) in [5.41, 5.74) is 0.916. The van der Waals surface area contributed by atoms with Gasteiger partial charge in [-0.2, -0.15) is 5.26 Å². The predicted molar refractivity (Wildman–Crippen MR) is 89.4 cm³/mol. The van der Waals surface area contributed by atoms with Crippen molar-refractivity contribution in [1.29, 1.82) is 5.26 Å². The highest BCUT2D eigenvalue weighted by molar-refractivity contribution is 5.47. The second-order valence-electron chi connectivity index (χ2n) is 6.70. The molecule has 0 aliphatic carbocycles. The number of hydrogen-bond acceptors (Lipinski definition) is 6. The Hall–Kier alpha value is -2.46. The van der Waals surface area contributed by atoms with E-state index in [1.807, 2.05) is 31.9 Å². The van der Waals surface area contributed by atoms with E-state index in [0.29, 0.717) is 24.2 Å². The maximum absolute atomic E-state index is 11.1. The Morgan fingerprint density at radius 2 is 2.17 bits per heavy atom. The van der Waals surface area contributed by atoms with Gasteiger partial charge in [-0.05, 0) is 45.7 Å². The Balaban J connectivity index is 1.88. The number of anilines is 1. The normalized spacial score (nSPS) is 21.1. The molecule has 1 saturated heterocycles. The fraction of sp³-hybridized carbons (Fsp3) is 0.529. The number of pyridine rings is 1. The number of β-amino-alcohol motifs (C(OH)–C–C–N with tert-alkyl or cyclic N) is 1.